The molecule has 0 saturated carbocycles. The lowest BCUT2D eigenvalue weighted by Gasteiger charge is -2.40. The third-order valence-electron chi connectivity index (χ3n) is 9.57. The van der Waals surface area contributed by atoms with Crippen LogP contribution in [0.2, 0.25) is 0 Å². The zero-order valence-corrected chi connectivity index (χ0v) is 26.4. The molecule has 4 aliphatic rings. The molecule has 8 heteroatoms. The van der Waals surface area contributed by atoms with Crippen molar-refractivity contribution in [2.24, 2.45) is 17.8 Å². The van der Waals surface area contributed by atoms with Gasteiger partial charge < -0.3 is 19.8 Å². The van der Waals surface area contributed by atoms with Gasteiger partial charge in [0.2, 0.25) is 11.8 Å². The van der Waals surface area contributed by atoms with Crippen LogP contribution in [0.5, 0.6) is 0 Å². The van der Waals surface area contributed by atoms with Crippen molar-refractivity contribution in [2.45, 2.75) is 62.6 Å². The van der Waals surface area contributed by atoms with Gasteiger partial charge in [-0.2, -0.15) is 0 Å². The van der Waals surface area contributed by atoms with Crippen LogP contribution in [0.25, 0.3) is 0 Å². The minimum Gasteiger partial charge on any atom is -0.394 e. The molecule has 1 N–H and O–H groups in total. The number of para-hydroxylation sites is 1. The van der Waals surface area contributed by atoms with Gasteiger partial charge in [-0.15, -0.1) is 11.8 Å². The van der Waals surface area contributed by atoms with E-state index in [2.05, 4.69) is 19.9 Å². The van der Waals surface area contributed by atoms with E-state index in [4.69, 9.17) is 0 Å². The first-order chi connectivity index (χ1) is 20.5. The maximum Gasteiger partial charge on any atom is 0.251 e. The minimum absolute atomic E-state index is 0.108. The number of aliphatic hydroxyl groups excluding tert-OH is 1. The fourth-order valence-corrected chi connectivity index (χ4v) is 9.89. The van der Waals surface area contributed by atoms with Gasteiger partial charge in [0, 0.05) is 29.2 Å². The monoisotopic (exact) mass is 599 g/mol. The summed E-state index contributed by atoms with van der Waals surface area (Å²) < 4.78 is -1.67. The summed E-state index contributed by atoms with van der Waals surface area (Å²) in [6, 6.07) is 14.2. The first-order valence-electron chi connectivity index (χ1n) is 15.3. The second-order valence-corrected chi connectivity index (χ2v) is 14.8. The molecule has 6 atom stereocenters. The SMILES string of the molecule is Cc1ccc(C)c(N2CC=C[C@]34S[C@]5(C)C=CCN(c6ccccc6)C(=O)[C@@H]5[C@H]3C(=O)N([C@@H](CO)CC(C)C)C4C2=O)c1. The Morgan fingerprint density at radius 3 is 2.30 bits per heavy atom. The number of hydrogen-bond acceptors (Lipinski definition) is 5. The standard InChI is InChI=1S/C35H41N3O4S/c1-22(2)19-26(21-39)38-30-33(42)37(27-20-23(3)13-14-24(27)4)18-10-16-35(30)29(32(38)41)28-31(40)36(25-11-7-6-8-12-25)17-9-15-34(28,5)43-35/h6-16,20,22,26,28-30,39H,17-19,21H2,1-5H3/t26-,28+,29+,30?,34-,35+/m1/s1. The largest absolute Gasteiger partial charge is 0.394 e. The molecule has 2 aromatic rings. The van der Waals surface area contributed by atoms with Crippen molar-refractivity contribution >= 4 is 40.9 Å². The maximum atomic E-state index is 14.9. The lowest BCUT2D eigenvalue weighted by atomic mass is 9.74. The number of amides is 3. The van der Waals surface area contributed by atoms with E-state index in [-0.39, 0.29) is 30.2 Å². The quantitative estimate of drug-likeness (QED) is 0.478. The number of thioether (sulfide) groups is 1. The number of carbonyl (C=O) groups is 3. The summed E-state index contributed by atoms with van der Waals surface area (Å²) in [5.74, 6) is -1.73. The summed E-state index contributed by atoms with van der Waals surface area (Å²) in [5, 5.41) is 10.7. The average Bonchev–Trinajstić information content (AvgIpc) is 3.25. The zero-order chi connectivity index (χ0) is 30.7. The minimum atomic E-state index is -0.968. The van der Waals surface area contributed by atoms with Crippen LogP contribution < -0.4 is 9.80 Å². The van der Waals surface area contributed by atoms with E-state index in [9.17, 15) is 19.5 Å². The van der Waals surface area contributed by atoms with Crippen LogP contribution in [-0.4, -0.2) is 69.0 Å². The Kier molecular flexibility index (Phi) is 7.58. The molecule has 0 aliphatic carbocycles. The molecule has 226 valence electrons. The van der Waals surface area contributed by atoms with E-state index in [0.29, 0.717) is 19.5 Å². The van der Waals surface area contributed by atoms with Crippen LogP contribution in [-0.2, 0) is 14.4 Å². The van der Waals surface area contributed by atoms with Gasteiger partial charge in [-0.1, -0.05) is 68.5 Å². The number of aliphatic hydroxyl groups is 1. The van der Waals surface area contributed by atoms with Crippen LogP contribution in [0, 0.1) is 31.6 Å². The molecule has 1 spiro atoms. The second-order valence-electron chi connectivity index (χ2n) is 13.0. The number of benzene rings is 2. The van der Waals surface area contributed by atoms with Crippen molar-refractivity contribution in [3.63, 3.8) is 0 Å². The highest BCUT2D eigenvalue weighted by Gasteiger charge is 2.74. The average molecular weight is 600 g/mol. The molecule has 0 aromatic heterocycles. The molecular weight excluding hydrogens is 558 g/mol. The number of nitrogens with zero attached hydrogens (tertiary/aromatic N) is 3. The Morgan fingerprint density at radius 1 is 0.907 bits per heavy atom. The first kappa shape index (κ1) is 29.7. The van der Waals surface area contributed by atoms with E-state index in [0.717, 1.165) is 22.5 Å². The Bertz CT molecular complexity index is 1510. The summed E-state index contributed by atoms with van der Waals surface area (Å²) in [7, 11) is 0. The summed E-state index contributed by atoms with van der Waals surface area (Å²) in [6.45, 7) is 10.7. The zero-order valence-electron chi connectivity index (χ0n) is 25.6. The molecule has 4 heterocycles. The molecule has 2 aromatic carbocycles. The van der Waals surface area contributed by atoms with E-state index < -0.39 is 33.4 Å². The fourth-order valence-electron chi connectivity index (χ4n) is 7.74. The number of hydrogen-bond donors (Lipinski definition) is 1. The van der Waals surface area contributed by atoms with Gasteiger partial charge in [-0.3, -0.25) is 14.4 Å². The summed E-state index contributed by atoms with van der Waals surface area (Å²) in [5.41, 5.74) is 3.63. The number of aryl methyl sites for hydroxylation is 2. The molecule has 3 amide bonds. The first-order valence-corrected chi connectivity index (χ1v) is 16.1. The summed E-state index contributed by atoms with van der Waals surface area (Å²) in [6.07, 6.45) is 8.70. The van der Waals surface area contributed by atoms with Crippen LogP contribution >= 0.6 is 11.8 Å². The molecule has 4 aliphatic heterocycles. The van der Waals surface area contributed by atoms with E-state index >= 15 is 0 Å². The Labute approximate surface area is 258 Å². The van der Waals surface area contributed by atoms with E-state index in [1.54, 1.807) is 26.5 Å². The van der Waals surface area contributed by atoms with E-state index in [1.807, 2.05) is 87.5 Å². The van der Waals surface area contributed by atoms with Gasteiger partial charge in [0.25, 0.3) is 5.91 Å². The van der Waals surface area contributed by atoms with Crippen molar-refractivity contribution < 1.29 is 19.5 Å². The third kappa shape index (κ3) is 4.65. The predicted octanol–water partition coefficient (Wildman–Crippen LogP) is 4.90. The van der Waals surface area contributed by atoms with E-state index in [1.165, 1.54) is 0 Å². The van der Waals surface area contributed by atoms with Crippen molar-refractivity contribution in [2.75, 3.05) is 29.5 Å². The molecule has 7 nitrogen and oxygen atoms in total. The number of carbonyl (C=O) groups excluding carboxylic acids is 3. The smallest absolute Gasteiger partial charge is 0.251 e. The molecule has 43 heavy (non-hydrogen) atoms. The van der Waals surface area contributed by atoms with Gasteiger partial charge in [0.05, 0.1) is 29.2 Å². The van der Waals surface area contributed by atoms with Crippen LogP contribution in [0.4, 0.5) is 11.4 Å². The summed E-state index contributed by atoms with van der Waals surface area (Å²) >= 11 is 1.58. The van der Waals surface area contributed by atoms with Crippen LogP contribution in [0.15, 0.2) is 72.8 Å². The van der Waals surface area contributed by atoms with Gasteiger partial charge in [0.15, 0.2) is 0 Å². The van der Waals surface area contributed by atoms with Gasteiger partial charge in [-0.25, -0.2) is 0 Å². The fraction of sp³-hybridized carbons (Fsp3) is 0.457. The van der Waals surface area contributed by atoms with Gasteiger partial charge >= 0.3 is 0 Å². The van der Waals surface area contributed by atoms with Gasteiger partial charge in [-0.05, 0) is 62.4 Å². The topological polar surface area (TPSA) is 81.2 Å². The second kappa shape index (κ2) is 11.0. The van der Waals surface area contributed by atoms with Crippen molar-refractivity contribution in [1.29, 1.82) is 0 Å². The van der Waals surface area contributed by atoms with Gasteiger partial charge in [0.1, 0.15) is 6.04 Å². The molecule has 1 unspecified atom stereocenters. The molecule has 0 bridgehead atoms. The third-order valence-corrected chi connectivity index (χ3v) is 11.4. The summed E-state index contributed by atoms with van der Waals surface area (Å²) in [4.78, 5) is 49.6. The lowest BCUT2D eigenvalue weighted by molar-refractivity contribution is -0.142. The van der Waals surface area contributed by atoms with Crippen molar-refractivity contribution in [1.82, 2.24) is 4.90 Å². The number of anilines is 2. The number of rotatable bonds is 6. The lowest BCUT2D eigenvalue weighted by Crippen LogP contribution is -2.57. The highest BCUT2D eigenvalue weighted by molar-refractivity contribution is 8.02. The molecule has 6 rings (SSSR count). The normalized spacial score (nSPS) is 30.8. The number of likely N-dealkylation sites (tertiary alicyclic amines) is 1. The Morgan fingerprint density at radius 2 is 1.60 bits per heavy atom. The van der Waals surface area contributed by atoms with Crippen LogP contribution in [0.3, 0.4) is 0 Å². The van der Waals surface area contributed by atoms with Crippen LogP contribution in [0.1, 0.15) is 38.3 Å². The van der Waals surface area contributed by atoms with Crippen molar-refractivity contribution in [3.05, 3.63) is 84.0 Å². The highest BCUT2D eigenvalue weighted by atomic mass is 32.2. The maximum absolute atomic E-state index is 14.9. The highest BCUT2D eigenvalue weighted by Crippen LogP contribution is 2.66. The Balaban J connectivity index is 1.52. The Hall–Kier alpha value is -3.36. The molecule has 2 saturated heterocycles. The molecular formula is C35H41N3O4S. The molecule has 0 radical (unpaired) electrons. The molecule has 2 fully saturated rings. The predicted molar refractivity (Wildman–Crippen MR) is 172 cm³/mol. The van der Waals surface area contributed by atoms with Crippen molar-refractivity contribution in [3.8, 4) is 0 Å². The number of fused-ring (bicyclic) bond motifs is 2.